The lowest BCUT2D eigenvalue weighted by Gasteiger charge is -2.36. The molecule has 7 nitrogen and oxygen atoms in total. The molecule has 0 bridgehead atoms. The quantitative estimate of drug-likeness (QED) is 0.458. The molecule has 8 heteroatoms. The Labute approximate surface area is 216 Å². The monoisotopic (exact) mass is 507 g/mol. The minimum atomic E-state index is -0.821. The summed E-state index contributed by atoms with van der Waals surface area (Å²) in [4.78, 5) is 41.9. The molecule has 0 saturated carbocycles. The predicted molar refractivity (Wildman–Crippen MR) is 145 cm³/mol. The van der Waals surface area contributed by atoms with Crippen molar-refractivity contribution in [3.63, 3.8) is 0 Å². The highest BCUT2D eigenvalue weighted by atomic mass is 32.2. The minimum Gasteiger partial charge on any atom is -0.444 e. The van der Waals surface area contributed by atoms with E-state index in [1.54, 1.807) is 37.4 Å². The van der Waals surface area contributed by atoms with Crippen LogP contribution in [0.5, 0.6) is 0 Å². The van der Waals surface area contributed by atoms with E-state index in [1.807, 2.05) is 66.0 Å². The molecule has 0 aliphatic heterocycles. The molecule has 0 saturated heterocycles. The van der Waals surface area contributed by atoms with Crippen LogP contribution in [0.2, 0.25) is 0 Å². The van der Waals surface area contributed by atoms with Crippen LogP contribution in [0.1, 0.15) is 84.0 Å². The maximum absolute atomic E-state index is 14.0. The number of aryl methyl sites for hydroxylation is 2. The highest BCUT2D eigenvalue weighted by molar-refractivity contribution is 7.98. The molecule has 198 valence electrons. The van der Waals surface area contributed by atoms with Gasteiger partial charge in [0.05, 0.1) is 0 Å². The van der Waals surface area contributed by atoms with Crippen LogP contribution in [0.4, 0.5) is 4.79 Å². The van der Waals surface area contributed by atoms with Gasteiger partial charge in [-0.2, -0.15) is 11.8 Å². The number of nitrogens with zero attached hydrogens (tertiary/aromatic N) is 1. The number of nitrogens with one attached hydrogen (secondary N) is 2. The van der Waals surface area contributed by atoms with E-state index in [0.29, 0.717) is 25.1 Å². The van der Waals surface area contributed by atoms with Gasteiger partial charge in [0, 0.05) is 12.1 Å². The number of hydrogen-bond donors (Lipinski definition) is 2. The second-order valence-electron chi connectivity index (χ2n) is 11.0. The molecule has 0 heterocycles. The zero-order valence-corrected chi connectivity index (χ0v) is 24.0. The van der Waals surface area contributed by atoms with E-state index in [9.17, 15) is 14.4 Å². The lowest BCUT2D eigenvalue weighted by Crippen LogP contribution is -2.55. The van der Waals surface area contributed by atoms with E-state index < -0.39 is 29.3 Å². The topological polar surface area (TPSA) is 87.7 Å². The first kappa shape index (κ1) is 30.8. The van der Waals surface area contributed by atoms with Gasteiger partial charge >= 0.3 is 6.09 Å². The first-order chi connectivity index (χ1) is 16.1. The van der Waals surface area contributed by atoms with Gasteiger partial charge in [-0.05, 0) is 91.4 Å². The van der Waals surface area contributed by atoms with Gasteiger partial charge in [-0.15, -0.1) is 0 Å². The first-order valence-electron chi connectivity index (χ1n) is 12.3. The van der Waals surface area contributed by atoms with Crippen LogP contribution in [0.25, 0.3) is 0 Å². The number of hydrogen-bond acceptors (Lipinski definition) is 5. The molecule has 0 aromatic heterocycles. The molecule has 1 aromatic rings. The fraction of sp³-hybridized carbons (Fsp3) is 0.667. The number of rotatable bonds is 10. The Hall–Kier alpha value is -2.22. The molecule has 35 heavy (non-hydrogen) atoms. The van der Waals surface area contributed by atoms with Crippen molar-refractivity contribution in [1.29, 1.82) is 0 Å². The summed E-state index contributed by atoms with van der Waals surface area (Å²) < 4.78 is 5.42. The summed E-state index contributed by atoms with van der Waals surface area (Å²) >= 11 is 1.59. The zero-order chi connectivity index (χ0) is 27.0. The largest absolute Gasteiger partial charge is 0.444 e. The van der Waals surface area contributed by atoms with Crippen LogP contribution in [-0.2, 0) is 14.3 Å². The lowest BCUT2D eigenvalue weighted by molar-refractivity contribution is -0.143. The van der Waals surface area contributed by atoms with Gasteiger partial charge in [-0.25, -0.2) is 4.79 Å². The van der Waals surface area contributed by atoms with Crippen molar-refractivity contribution in [2.75, 3.05) is 18.6 Å². The Bertz CT molecular complexity index is 874. The van der Waals surface area contributed by atoms with Crippen LogP contribution in [0.3, 0.4) is 0 Å². The van der Waals surface area contributed by atoms with Gasteiger partial charge in [0.2, 0.25) is 11.8 Å². The number of amides is 3. The molecular formula is C27H45N3O4S. The first-order valence-corrected chi connectivity index (χ1v) is 13.7. The third kappa shape index (κ3) is 10.5. The van der Waals surface area contributed by atoms with E-state index in [2.05, 4.69) is 10.6 Å². The Kier molecular flexibility index (Phi) is 11.6. The minimum absolute atomic E-state index is 0.242. The normalized spacial score (nSPS) is 13.5. The number of carbonyl (C=O) groups excluding carboxylic acids is 3. The Morgan fingerprint density at radius 2 is 1.71 bits per heavy atom. The third-order valence-electron chi connectivity index (χ3n) is 5.13. The molecule has 1 aromatic carbocycles. The smallest absolute Gasteiger partial charge is 0.408 e. The van der Waals surface area contributed by atoms with Crippen molar-refractivity contribution in [1.82, 2.24) is 15.5 Å². The summed E-state index contributed by atoms with van der Waals surface area (Å²) in [6.07, 6.45) is 2.40. The molecule has 0 spiro atoms. The van der Waals surface area contributed by atoms with Crippen LogP contribution >= 0.6 is 11.8 Å². The second-order valence-corrected chi connectivity index (χ2v) is 12.0. The average molecular weight is 508 g/mol. The fourth-order valence-electron chi connectivity index (χ4n) is 3.69. The van der Waals surface area contributed by atoms with Crippen molar-refractivity contribution in [2.45, 2.75) is 98.4 Å². The number of benzene rings is 1. The molecule has 0 fully saturated rings. The Balaban J connectivity index is 3.51. The number of ether oxygens (including phenoxy) is 1. The van der Waals surface area contributed by atoms with Crippen molar-refractivity contribution in [3.8, 4) is 0 Å². The van der Waals surface area contributed by atoms with Crippen LogP contribution in [0, 0.1) is 13.8 Å². The molecule has 0 radical (unpaired) electrons. The van der Waals surface area contributed by atoms with E-state index in [4.69, 9.17) is 4.74 Å². The van der Waals surface area contributed by atoms with E-state index in [-0.39, 0.29) is 11.8 Å². The van der Waals surface area contributed by atoms with Crippen LogP contribution in [-0.4, -0.2) is 58.5 Å². The summed E-state index contributed by atoms with van der Waals surface area (Å²) in [5.41, 5.74) is 1.57. The van der Waals surface area contributed by atoms with Crippen molar-refractivity contribution >= 4 is 29.7 Å². The third-order valence-corrected chi connectivity index (χ3v) is 5.78. The lowest BCUT2D eigenvalue weighted by atomic mass is 9.95. The molecule has 0 aliphatic carbocycles. The van der Waals surface area contributed by atoms with Crippen molar-refractivity contribution < 1.29 is 19.1 Å². The molecule has 0 aliphatic rings. The van der Waals surface area contributed by atoms with Gasteiger partial charge in [-0.3, -0.25) is 9.59 Å². The standard InChI is InChI=1S/C27H45N3O4S/c1-11-15-30(24(32)21(14-16-35-10)28-25(33)34-27(7,8)9)22(23(31)29-26(4,5)6)20-17-18(2)12-13-19(20)3/h12-13,17,21-22H,11,14-16H2,1-10H3,(H,28,33)(H,29,31). The van der Waals surface area contributed by atoms with E-state index >= 15 is 0 Å². The molecule has 3 amide bonds. The van der Waals surface area contributed by atoms with E-state index in [0.717, 1.165) is 16.7 Å². The van der Waals surface area contributed by atoms with Crippen molar-refractivity contribution in [3.05, 3.63) is 34.9 Å². The SMILES string of the molecule is CCCN(C(=O)C(CCSC)NC(=O)OC(C)(C)C)C(C(=O)NC(C)(C)C)c1cc(C)ccc1C. The maximum atomic E-state index is 14.0. The summed E-state index contributed by atoms with van der Waals surface area (Å²) in [6.45, 7) is 17.4. The number of thioether (sulfide) groups is 1. The Morgan fingerprint density at radius 3 is 2.23 bits per heavy atom. The van der Waals surface area contributed by atoms with Gasteiger partial charge in [0.15, 0.2) is 0 Å². The number of carbonyl (C=O) groups is 3. The summed E-state index contributed by atoms with van der Waals surface area (Å²) in [5.74, 6) is 0.143. The van der Waals surface area contributed by atoms with Gasteiger partial charge in [-0.1, -0.05) is 30.7 Å². The second kappa shape index (κ2) is 13.2. The van der Waals surface area contributed by atoms with Crippen molar-refractivity contribution in [2.24, 2.45) is 0 Å². The predicted octanol–water partition coefficient (Wildman–Crippen LogP) is 5.14. The van der Waals surface area contributed by atoms with Crippen LogP contribution < -0.4 is 10.6 Å². The molecule has 1 rings (SSSR count). The molecule has 2 N–H and O–H groups in total. The molecular weight excluding hydrogens is 462 g/mol. The highest BCUT2D eigenvalue weighted by Crippen LogP contribution is 2.28. The van der Waals surface area contributed by atoms with Crippen LogP contribution in [0.15, 0.2) is 18.2 Å². The fourth-order valence-corrected chi connectivity index (χ4v) is 4.17. The number of alkyl carbamates (subject to hydrolysis) is 1. The Morgan fingerprint density at radius 1 is 1.09 bits per heavy atom. The van der Waals surface area contributed by atoms with Gasteiger partial charge in [0.25, 0.3) is 0 Å². The summed E-state index contributed by atoms with van der Waals surface area (Å²) in [7, 11) is 0. The summed E-state index contributed by atoms with van der Waals surface area (Å²) in [6, 6.07) is 4.31. The van der Waals surface area contributed by atoms with Gasteiger partial charge in [0.1, 0.15) is 17.7 Å². The highest BCUT2D eigenvalue weighted by Gasteiger charge is 2.37. The van der Waals surface area contributed by atoms with E-state index in [1.165, 1.54) is 0 Å². The maximum Gasteiger partial charge on any atom is 0.408 e. The zero-order valence-electron chi connectivity index (χ0n) is 23.2. The average Bonchev–Trinajstić information content (AvgIpc) is 2.70. The molecule has 2 unspecified atom stereocenters. The van der Waals surface area contributed by atoms with Gasteiger partial charge < -0.3 is 20.3 Å². The summed E-state index contributed by atoms with van der Waals surface area (Å²) in [5, 5.41) is 5.83. The molecule has 2 atom stereocenters.